The topological polar surface area (TPSA) is 81.7 Å². The summed E-state index contributed by atoms with van der Waals surface area (Å²) in [4.78, 5) is 0.850. The number of rotatable bonds is 1. The lowest BCUT2D eigenvalue weighted by Crippen LogP contribution is -2.34. The molecule has 0 atom stereocenters. The number of hydrogen-bond donors (Lipinski definition) is 3. The van der Waals surface area contributed by atoms with Gasteiger partial charge in [-0.15, -0.1) is 0 Å². The van der Waals surface area contributed by atoms with Gasteiger partial charge in [0.2, 0.25) is 0 Å². The Kier molecular flexibility index (Phi) is 3.27. The van der Waals surface area contributed by atoms with Crippen LogP contribution in [0.25, 0.3) is 0 Å². The van der Waals surface area contributed by atoms with Crippen LogP contribution in [0.4, 0.5) is 0 Å². The Morgan fingerprint density at radius 2 is 2.00 bits per heavy atom. The Morgan fingerprint density at radius 3 is 2.74 bits per heavy atom. The standard InChI is InChI=1S/C11H13N3O3S2/c15-19(16,17)14-10-5-7-13-12-6-4-8-2-1-3-9(18-10)11(8)14/h1,3-5,12-13H,2,6-7H2,(H,15,16,17). The van der Waals surface area contributed by atoms with Crippen molar-refractivity contribution in [1.29, 1.82) is 0 Å². The summed E-state index contributed by atoms with van der Waals surface area (Å²) >= 11 is 1.35. The zero-order chi connectivity index (χ0) is 13.5. The number of hydrogen-bond acceptors (Lipinski definition) is 5. The second-order valence-corrected chi connectivity index (χ2v) is 6.52. The van der Waals surface area contributed by atoms with Crippen LogP contribution in [-0.2, 0) is 10.3 Å². The fraction of sp³-hybridized carbons (Fsp3) is 0.273. The normalized spacial score (nSPS) is 23.3. The number of thioether (sulfide) groups is 1. The van der Waals surface area contributed by atoms with E-state index in [0.29, 0.717) is 30.2 Å². The predicted octanol–water partition coefficient (Wildman–Crippen LogP) is 0.885. The molecule has 0 aromatic heterocycles. The molecule has 2 aliphatic heterocycles. The molecule has 19 heavy (non-hydrogen) atoms. The molecule has 102 valence electrons. The molecule has 0 spiro atoms. The summed E-state index contributed by atoms with van der Waals surface area (Å²) in [5.74, 6) is 0. The van der Waals surface area contributed by atoms with Gasteiger partial charge >= 0.3 is 10.3 Å². The molecule has 0 unspecified atom stereocenters. The predicted molar refractivity (Wildman–Crippen MR) is 73.9 cm³/mol. The molecule has 0 aromatic carbocycles. The van der Waals surface area contributed by atoms with Crippen LogP contribution in [0.2, 0.25) is 0 Å². The SMILES string of the molecule is O=S(=O)(O)N1C2=CCNNCC=C3CC=CC(=C31)S2. The van der Waals surface area contributed by atoms with E-state index in [-0.39, 0.29) is 0 Å². The molecular weight excluding hydrogens is 286 g/mol. The minimum atomic E-state index is -4.31. The van der Waals surface area contributed by atoms with E-state index < -0.39 is 10.3 Å². The number of nitrogens with one attached hydrogen (secondary N) is 2. The summed E-state index contributed by atoms with van der Waals surface area (Å²) < 4.78 is 33.8. The summed E-state index contributed by atoms with van der Waals surface area (Å²) in [6, 6.07) is 0. The molecule has 2 bridgehead atoms. The van der Waals surface area contributed by atoms with Crippen LogP contribution in [-0.4, -0.2) is 30.4 Å². The van der Waals surface area contributed by atoms with Crippen LogP contribution >= 0.6 is 11.8 Å². The van der Waals surface area contributed by atoms with Gasteiger partial charge in [-0.3, -0.25) is 15.4 Å². The number of fused-ring (bicyclic) bond motifs is 1. The van der Waals surface area contributed by atoms with Gasteiger partial charge in [0, 0.05) is 18.0 Å². The average molecular weight is 299 g/mol. The highest BCUT2D eigenvalue weighted by atomic mass is 32.2. The van der Waals surface area contributed by atoms with Crippen molar-refractivity contribution in [3.05, 3.63) is 45.5 Å². The summed E-state index contributed by atoms with van der Waals surface area (Å²) in [6.07, 6.45) is 8.21. The summed E-state index contributed by atoms with van der Waals surface area (Å²) in [7, 11) is -4.31. The maximum absolute atomic E-state index is 11.6. The smallest absolute Gasteiger partial charge is 0.269 e. The van der Waals surface area contributed by atoms with E-state index in [4.69, 9.17) is 0 Å². The average Bonchev–Trinajstić information content (AvgIpc) is 2.72. The van der Waals surface area contributed by atoms with E-state index in [2.05, 4.69) is 10.9 Å². The molecule has 0 amide bonds. The maximum atomic E-state index is 11.6. The van der Waals surface area contributed by atoms with Crippen LogP contribution in [0.3, 0.4) is 0 Å². The molecule has 3 N–H and O–H groups in total. The molecule has 0 aromatic rings. The van der Waals surface area contributed by atoms with Gasteiger partial charge in [0.15, 0.2) is 0 Å². The third kappa shape index (κ3) is 2.37. The minimum absolute atomic E-state index is 0.474. The van der Waals surface area contributed by atoms with E-state index in [1.165, 1.54) is 11.8 Å². The van der Waals surface area contributed by atoms with Gasteiger partial charge in [-0.2, -0.15) is 8.42 Å². The summed E-state index contributed by atoms with van der Waals surface area (Å²) in [5.41, 5.74) is 7.45. The van der Waals surface area contributed by atoms with Gasteiger partial charge in [0.1, 0.15) is 0 Å². The molecule has 3 aliphatic rings. The Balaban J connectivity index is 2.17. The summed E-state index contributed by atoms with van der Waals surface area (Å²) in [6.45, 7) is 1.06. The molecule has 0 saturated heterocycles. The van der Waals surface area contributed by atoms with Gasteiger partial charge in [-0.05, 0) is 24.1 Å². The fourth-order valence-electron chi connectivity index (χ4n) is 2.19. The second-order valence-electron chi connectivity index (χ2n) is 4.20. The van der Waals surface area contributed by atoms with Gasteiger partial charge in [0.25, 0.3) is 0 Å². The second kappa shape index (κ2) is 4.80. The molecule has 0 fully saturated rings. The third-order valence-corrected chi connectivity index (χ3v) is 5.01. The number of nitrogens with zero attached hydrogens (tertiary/aromatic N) is 1. The Hall–Kier alpha value is -1.06. The fourth-order valence-corrected chi connectivity index (χ4v) is 4.44. The Morgan fingerprint density at radius 1 is 1.26 bits per heavy atom. The molecule has 3 rings (SSSR count). The molecule has 2 heterocycles. The lowest BCUT2D eigenvalue weighted by atomic mass is 10.0. The van der Waals surface area contributed by atoms with Crippen molar-refractivity contribution < 1.29 is 13.0 Å². The first-order valence-corrected chi connectivity index (χ1v) is 8.00. The van der Waals surface area contributed by atoms with Crippen LogP contribution in [0.15, 0.2) is 45.5 Å². The van der Waals surface area contributed by atoms with Crippen LogP contribution in [0.1, 0.15) is 6.42 Å². The lowest BCUT2D eigenvalue weighted by molar-refractivity contribution is 0.430. The molecule has 0 radical (unpaired) electrons. The first-order valence-electron chi connectivity index (χ1n) is 5.79. The van der Waals surface area contributed by atoms with E-state index >= 15 is 0 Å². The first kappa shape index (κ1) is 12.9. The minimum Gasteiger partial charge on any atom is -0.269 e. The number of allylic oxidation sites excluding steroid dienone is 3. The Bertz CT molecular complexity index is 632. The highest BCUT2D eigenvalue weighted by molar-refractivity contribution is 8.07. The van der Waals surface area contributed by atoms with Crippen molar-refractivity contribution in [3.63, 3.8) is 0 Å². The van der Waals surface area contributed by atoms with E-state index in [0.717, 1.165) is 14.8 Å². The van der Waals surface area contributed by atoms with Crippen LogP contribution < -0.4 is 10.9 Å². The van der Waals surface area contributed by atoms with E-state index in [1.54, 1.807) is 6.08 Å². The van der Waals surface area contributed by atoms with Crippen molar-refractivity contribution in [1.82, 2.24) is 15.2 Å². The molecule has 0 saturated carbocycles. The molecule has 1 aliphatic carbocycles. The van der Waals surface area contributed by atoms with Crippen molar-refractivity contribution in [3.8, 4) is 0 Å². The largest absolute Gasteiger partial charge is 0.364 e. The molecule has 6 nitrogen and oxygen atoms in total. The van der Waals surface area contributed by atoms with Crippen LogP contribution in [0.5, 0.6) is 0 Å². The third-order valence-electron chi connectivity index (χ3n) is 2.95. The summed E-state index contributed by atoms with van der Waals surface area (Å²) in [5, 5.41) is 0.501. The van der Waals surface area contributed by atoms with Crippen molar-refractivity contribution in [2.45, 2.75) is 6.42 Å². The maximum Gasteiger partial charge on any atom is 0.364 e. The van der Waals surface area contributed by atoms with Gasteiger partial charge in [0.05, 0.1) is 10.7 Å². The lowest BCUT2D eigenvalue weighted by Gasteiger charge is -2.23. The van der Waals surface area contributed by atoms with Crippen LogP contribution in [0, 0.1) is 0 Å². The monoisotopic (exact) mass is 299 g/mol. The zero-order valence-electron chi connectivity index (χ0n) is 9.96. The van der Waals surface area contributed by atoms with Crippen molar-refractivity contribution >= 4 is 22.1 Å². The van der Waals surface area contributed by atoms with Crippen molar-refractivity contribution in [2.75, 3.05) is 13.1 Å². The molecular formula is C11H13N3O3S2. The van der Waals surface area contributed by atoms with Crippen molar-refractivity contribution in [2.24, 2.45) is 0 Å². The highest BCUT2D eigenvalue weighted by Gasteiger charge is 2.37. The van der Waals surface area contributed by atoms with E-state index in [1.807, 2.05) is 18.2 Å². The zero-order valence-corrected chi connectivity index (χ0v) is 11.6. The van der Waals surface area contributed by atoms with Gasteiger partial charge < -0.3 is 0 Å². The van der Waals surface area contributed by atoms with Gasteiger partial charge in [-0.25, -0.2) is 4.31 Å². The first-order chi connectivity index (χ1) is 9.07. The quantitative estimate of drug-likeness (QED) is 0.624. The van der Waals surface area contributed by atoms with Gasteiger partial charge in [-0.1, -0.05) is 23.9 Å². The highest BCUT2D eigenvalue weighted by Crippen LogP contribution is 2.48. The number of hydrazine groups is 1. The Labute approximate surface area is 115 Å². The molecule has 8 heteroatoms. The van der Waals surface area contributed by atoms with E-state index in [9.17, 15) is 13.0 Å².